The van der Waals surface area contributed by atoms with Gasteiger partial charge in [0.15, 0.2) is 0 Å². The van der Waals surface area contributed by atoms with Gasteiger partial charge in [0.2, 0.25) is 0 Å². The number of carbonyl (C=O) groups excluding carboxylic acids is 1. The molecule has 1 aliphatic heterocycles. The summed E-state index contributed by atoms with van der Waals surface area (Å²) in [5, 5.41) is 13.9. The predicted molar refractivity (Wildman–Crippen MR) is 146 cm³/mol. The summed E-state index contributed by atoms with van der Waals surface area (Å²) in [7, 11) is 3.98. The Morgan fingerprint density at radius 1 is 1.14 bits per heavy atom. The Labute approximate surface area is 212 Å². The molecule has 36 heavy (non-hydrogen) atoms. The average molecular weight is 486 g/mol. The molecule has 1 atom stereocenters. The van der Waals surface area contributed by atoms with Crippen molar-refractivity contribution in [3.05, 3.63) is 60.2 Å². The number of likely N-dealkylation sites (tertiary alicyclic amines) is 1. The van der Waals surface area contributed by atoms with Gasteiger partial charge in [0, 0.05) is 35.6 Å². The van der Waals surface area contributed by atoms with Gasteiger partial charge in [0.05, 0.1) is 11.2 Å². The van der Waals surface area contributed by atoms with E-state index in [0.717, 1.165) is 58.4 Å². The van der Waals surface area contributed by atoms with Crippen LogP contribution in [0.3, 0.4) is 0 Å². The largest absolute Gasteiger partial charge is 0.492 e. The molecule has 0 aliphatic carbocycles. The van der Waals surface area contributed by atoms with Gasteiger partial charge in [-0.3, -0.25) is 14.8 Å². The lowest BCUT2D eigenvalue weighted by Crippen LogP contribution is -2.33. The van der Waals surface area contributed by atoms with E-state index in [-0.39, 0.29) is 5.91 Å². The number of nitrogens with one attached hydrogen (secondary N) is 2. The fourth-order valence-corrected chi connectivity index (χ4v) is 5.02. The first-order chi connectivity index (χ1) is 17.5. The number of hydrogen-bond donors (Lipinski definition) is 2. The molecule has 5 rings (SSSR count). The number of carbonyl (C=O) groups is 1. The standard InChI is InChI=1S/C29H35N5O2/c1-4-34-14-5-6-24(34)19-36-25-11-9-20-16-22(8-7-21(20)17-25)28-26-18-23(10-12-27(26)31-32-28)29(35)30-13-15-33(2)3/h7-12,16-18,24H,4-6,13-15,19H2,1-3H3,(H,30,35)(H,31,32)/t24-/m0/s1. The van der Waals surface area contributed by atoms with Crippen LogP contribution >= 0.6 is 0 Å². The molecule has 0 saturated carbocycles. The van der Waals surface area contributed by atoms with Gasteiger partial charge in [-0.05, 0) is 87.2 Å². The molecule has 7 nitrogen and oxygen atoms in total. The van der Waals surface area contributed by atoms with E-state index in [4.69, 9.17) is 4.74 Å². The highest BCUT2D eigenvalue weighted by molar-refractivity contribution is 6.02. The second-order valence-corrected chi connectivity index (χ2v) is 9.85. The number of aromatic amines is 1. The van der Waals surface area contributed by atoms with Crippen LogP contribution in [0.1, 0.15) is 30.1 Å². The van der Waals surface area contributed by atoms with Gasteiger partial charge in [-0.25, -0.2) is 0 Å². The first-order valence-corrected chi connectivity index (χ1v) is 12.8. The van der Waals surface area contributed by atoms with Crippen molar-refractivity contribution in [1.29, 1.82) is 0 Å². The molecular weight excluding hydrogens is 450 g/mol. The fraction of sp³-hybridized carbons (Fsp3) is 0.379. The highest BCUT2D eigenvalue weighted by atomic mass is 16.5. The first kappa shape index (κ1) is 24.3. The summed E-state index contributed by atoms with van der Waals surface area (Å²) in [4.78, 5) is 17.2. The lowest BCUT2D eigenvalue weighted by atomic mass is 10.0. The van der Waals surface area contributed by atoms with Crippen LogP contribution in [0, 0.1) is 0 Å². The summed E-state index contributed by atoms with van der Waals surface area (Å²) in [6.45, 7) is 6.62. The molecule has 2 N–H and O–H groups in total. The van der Waals surface area contributed by atoms with Crippen LogP contribution in [0.4, 0.5) is 0 Å². The predicted octanol–water partition coefficient (Wildman–Crippen LogP) is 4.54. The molecule has 0 bridgehead atoms. The van der Waals surface area contributed by atoms with Crippen LogP contribution in [0.15, 0.2) is 54.6 Å². The number of H-pyrrole nitrogens is 1. The normalized spacial score (nSPS) is 16.3. The lowest BCUT2D eigenvalue weighted by Gasteiger charge is -2.22. The van der Waals surface area contributed by atoms with Crippen LogP contribution in [0.2, 0.25) is 0 Å². The van der Waals surface area contributed by atoms with Crippen molar-refractivity contribution in [3.8, 4) is 17.0 Å². The van der Waals surface area contributed by atoms with Crippen LogP contribution in [-0.2, 0) is 0 Å². The maximum Gasteiger partial charge on any atom is 0.251 e. The number of benzene rings is 3. The third-order valence-corrected chi connectivity index (χ3v) is 7.10. The number of nitrogens with zero attached hydrogens (tertiary/aromatic N) is 3. The average Bonchev–Trinajstić information content (AvgIpc) is 3.53. The van der Waals surface area contributed by atoms with Crippen molar-refractivity contribution in [2.75, 3.05) is 46.9 Å². The lowest BCUT2D eigenvalue weighted by molar-refractivity contribution is 0.0951. The van der Waals surface area contributed by atoms with Crippen LogP contribution in [0.25, 0.3) is 32.9 Å². The molecule has 7 heteroatoms. The van der Waals surface area contributed by atoms with Gasteiger partial charge in [-0.1, -0.05) is 25.1 Å². The summed E-state index contributed by atoms with van der Waals surface area (Å²) >= 11 is 0. The third-order valence-electron chi connectivity index (χ3n) is 7.10. The number of amides is 1. The zero-order valence-electron chi connectivity index (χ0n) is 21.4. The number of rotatable bonds is 9. The molecule has 4 aromatic rings. The van der Waals surface area contributed by atoms with Gasteiger partial charge in [-0.15, -0.1) is 0 Å². The monoisotopic (exact) mass is 485 g/mol. The molecule has 0 unspecified atom stereocenters. The van der Waals surface area contributed by atoms with Gasteiger partial charge < -0.3 is 15.0 Å². The van der Waals surface area contributed by atoms with Crippen LogP contribution in [0.5, 0.6) is 5.75 Å². The van der Waals surface area contributed by atoms with Crippen molar-refractivity contribution in [2.24, 2.45) is 0 Å². The molecule has 0 radical (unpaired) electrons. The highest BCUT2D eigenvalue weighted by Crippen LogP contribution is 2.31. The third kappa shape index (κ3) is 5.22. The summed E-state index contributed by atoms with van der Waals surface area (Å²) < 4.78 is 6.17. The van der Waals surface area contributed by atoms with E-state index in [1.807, 2.05) is 37.2 Å². The van der Waals surface area contributed by atoms with Gasteiger partial charge >= 0.3 is 0 Å². The maximum absolute atomic E-state index is 12.6. The number of ether oxygens (including phenoxy) is 1. The van der Waals surface area contributed by atoms with E-state index in [2.05, 4.69) is 63.7 Å². The Kier molecular flexibility index (Phi) is 7.20. The molecule has 1 aromatic heterocycles. The minimum atomic E-state index is -0.0726. The molecule has 1 amide bonds. The summed E-state index contributed by atoms with van der Waals surface area (Å²) in [6, 6.07) is 18.8. The molecule has 1 saturated heterocycles. The Morgan fingerprint density at radius 2 is 1.97 bits per heavy atom. The fourth-order valence-electron chi connectivity index (χ4n) is 5.02. The maximum atomic E-state index is 12.6. The SMILES string of the molecule is CCN1CCC[C@H]1COc1ccc2cc(-c3n[nH]c4ccc(C(=O)NCCN(C)C)cc34)ccc2c1. The van der Waals surface area contributed by atoms with E-state index < -0.39 is 0 Å². The number of aromatic nitrogens is 2. The highest BCUT2D eigenvalue weighted by Gasteiger charge is 2.23. The van der Waals surface area contributed by atoms with Crippen molar-refractivity contribution >= 4 is 27.6 Å². The summed E-state index contributed by atoms with van der Waals surface area (Å²) in [5.41, 5.74) is 3.40. The Bertz CT molecular complexity index is 1360. The van der Waals surface area contributed by atoms with Gasteiger partial charge in [-0.2, -0.15) is 5.10 Å². The smallest absolute Gasteiger partial charge is 0.251 e. The van der Waals surface area contributed by atoms with E-state index in [0.29, 0.717) is 18.2 Å². The van der Waals surface area contributed by atoms with Gasteiger partial charge in [0.1, 0.15) is 12.4 Å². The Morgan fingerprint density at radius 3 is 2.81 bits per heavy atom. The zero-order valence-corrected chi connectivity index (χ0v) is 21.4. The van der Waals surface area contributed by atoms with E-state index in [1.54, 1.807) is 0 Å². The Balaban J connectivity index is 1.34. The second kappa shape index (κ2) is 10.7. The molecule has 2 heterocycles. The zero-order chi connectivity index (χ0) is 25.1. The Hall–Kier alpha value is -3.42. The van der Waals surface area contributed by atoms with Gasteiger partial charge in [0.25, 0.3) is 5.91 Å². The summed E-state index contributed by atoms with van der Waals surface area (Å²) in [5.74, 6) is 0.838. The minimum absolute atomic E-state index is 0.0726. The number of likely N-dealkylation sites (N-methyl/N-ethyl adjacent to an activating group) is 2. The summed E-state index contributed by atoms with van der Waals surface area (Å²) in [6.07, 6.45) is 2.47. The first-order valence-electron chi connectivity index (χ1n) is 12.8. The molecule has 188 valence electrons. The number of hydrogen-bond acceptors (Lipinski definition) is 5. The molecule has 3 aromatic carbocycles. The van der Waals surface area contributed by atoms with Crippen LogP contribution in [-0.4, -0.2) is 78.8 Å². The number of fused-ring (bicyclic) bond motifs is 2. The minimum Gasteiger partial charge on any atom is -0.492 e. The van der Waals surface area contributed by atoms with E-state index >= 15 is 0 Å². The van der Waals surface area contributed by atoms with Crippen molar-refractivity contribution in [2.45, 2.75) is 25.8 Å². The van der Waals surface area contributed by atoms with Crippen molar-refractivity contribution < 1.29 is 9.53 Å². The molecule has 0 spiro atoms. The molecule has 1 fully saturated rings. The molecule has 1 aliphatic rings. The topological polar surface area (TPSA) is 73.5 Å². The van der Waals surface area contributed by atoms with Crippen molar-refractivity contribution in [3.63, 3.8) is 0 Å². The molecular formula is C29H35N5O2. The quantitative estimate of drug-likeness (QED) is 0.364. The van der Waals surface area contributed by atoms with E-state index in [1.165, 1.54) is 19.4 Å². The van der Waals surface area contributed by atoms with Crippen molar-refractivity contribution in [1.82, 2.24) is 25.3 Å². The van der Waals surface area contributed by atoms with E-state index in [9.17, 15) is 4.79 Å². The van der Waals surface area contributed by atoms with Crippen LogP contribution < -0.4 is 10.1 Å². The second-order valence-electron chi connectivity index (χ2n) is 9.85.